The van der Waals surface area contributed by atoms with Crippen LogP contribution in [0.4, 0.5) is 13.2 Å². The van der Waals surface area contributed by atoms with E-state index in [1.165, 1.54) is 23.5 Å². The molecule has 2 nitrogen and oxygen atoms in total. The van der Waals surface area contributed by atoms with Crippen molar-refractivity contribution in [2.24, 2.45) is 0 Å². The van der Waals surface area contributed by atoms with Gasteiger partial charge in [-0.2, -0.15) is 13.2 Å². The number of rotatable bonds is 7. The number of aryl methyl sites for hydroxylation is 2. The molecule has 0 amide bonds. The maximum Gasteiger partial charge on any atom is 0.416 e. The molecule has 1 unspecified atom stereocenters. The number of alkyl halides is 3. The summed E-state index contributed by atoms with van der Waals surface area (Å²) in [6.07, 6.45) is -3.51. The number of thioether (sulfide) groups is 1. The first-order valence-corrected chi connectivity index (χ1v) is 12.1. The lowest BCUT2D eigenvalue weighted by Gasteiger charge is -2.18. The van der Waals surface area contributed by atoms with Gasteiger partial charge in [0.2, 0.25) is 0 Å². The van der Waals surface area contributed by atoms with Gasteiger partial charge in [0.25, 0.3) is 0 Å². The van der Waals surface area contributed by atoms with Crippen LogP contribution in [0, 0.1) is 13.8 Å². The van der Waals surface area contributed by atoms with Crippen LogP contribution in [0.15, 0.2) is 52.7 Å². The smallest absolute Gasteiger partial charge is 0.416 e. The molecule has 3 rings (SSSR count). The van der Waals surface area contributed by atoms with Gasteiger partial charge in [-0.3, -0.25) is 0 Å². The molecule has 3 aromatic rings. The Labute approximate surface area is 194 Å². The molecular weight excluding hydrogens is 453 g/mol. The highest BCUT2D eigenvalue weighted by Gasteiger charge is 2.30. The van der Waals surface area contributed by atoms with Gasteiger partial charge >= 0.3 is 12.1 Å². The molecule has 1 atom stereocenters. The first-order valence-electron chi connectivity index (χ1n) is 10.4. The largest absolute Gasteiger partial charge is 0.462 e. The van der Waals surface area contributed by atoms with Gasteiger partial charge < -0.3 is 4.74 Å². The molecule has 170 valence electrons. The molecule has 32 heavy (non-hydrogen) atoms. The van der Waals surface area contributed by atoms with E-state index in [1.807, 2.05) is 25.3 Å². The molecule has 0 fully saturated rings. The fourth-order valence-corrected chi connectivity index (χ4v) is 5.97. The average molecular weight is 479 g/mol. The van der Waals surface area contributed by atoms with Crippen molar-refractivity contribution >= 4 is 29.1 Å². The molecule has 0 aliphatic heterocycles. The van der Waals surface area contributed by atoms with Crippen LogP contribution in [0.25, 0.3) is 11.1 Å². The number of esters is 1. The van der Waals surface area contributed by atoms with Crippen molar-refractivity contribution in [3.8, 4) is 11.1 Å². The molecule has 0 aliphatic rings. The molecule has 0 aliphatic carbocycles. The summed E-state index contributed by atoms with van der Waals surface area (Å²) in [4.78, 5) is 14.0. The van der Waals surface area contributed by atoms with E-state index < -0.39 is 11.7 Å². The highest BCUT2D eigenvalue weighted by molar-refractivity contribution is 7.99. The summed E-state index contributed by atoms with van der Waals surface area (Å²) in [5.74, 6) is -0.290. The minimum Gasteiger partial charge on any atom is -0.462 e. The Balaban J connectivity index is 1.88. The van der Waals surface area contributed by atoms with Crippen LogP contribution < -0.4 is 0 Å². The van der Waals surface area contributed by atoms with Crippen LogP contribution in [0.2, 0.25) is 0 Å². The van der Waals surface area contributed by atoms with Crippen molar-refractivity contribution in [2.45, 2.75) is 50.4 Å². The summed E-state index contributed by atoms with van der Waals surface area (Å²) in [6.45, 7) is 8.16. The second kappa shape index (κ2) is 10.1. The van der Waals surface area contributed by atoms with Crippen LogP contribution in [0.5, 0.6) is 0 Å². The van der Waals surface area contributed by atoms with Crippen molar-refractivity contribution in [2.75, 3.05) is 6.61 Å². The first kappa shape index (κ1) is 24.4. The van der Waals surface area contributed by atoms with Crippen molar-refractivity contribution in [3.63, 3.8) is 0 Å². The lowest BCUT2D eigenvalue weighted by Crippen LogP contribution is -2.06. The Bertz CT molecular complexity index is 1060. The quantitative estimate of drug-likeness (QED) is 0.252. The minimum absolute atomic E-state index is 0.0939. The molecule has 1 aromatic heterocycles. The van der Waals surface area contributed by atoms with Crippen LogP contribution in [-0.4, -0.2) is 12.6 Å². The predicted octanol–water partition coefficient (Wildman–Crippen LogP) is 8.47. The Morgan fingerprint density at radius 1 is 1.06 bits per heavy atom. The van der Waals surface area contributed by atoms with E-state index in [2.05, 4.69) is 19.1 Å². The van der Waals surface area contributed by atoms with E-state index in [-0.39, 0.29) is 11.2 Å². The van der Waals surface area contributed by atoms with Crippen molar-refractivity contribution in [1.29, 1.82) is 0 Å². The topological polar surface area (TPSA) is 26.3 Å². The number of thiophene rings is 1. The van der Waals surface area contributed by atoms with Gasteiger partial charge in [0.15, 0.2) is 0 Å². The van der Waals surface area contributed by atoms with E-state index in [0.29, 0.717) is 11.5 Å². The van der Waals surface area contributed by atoms with Gasteiger partial charge in [0, 0.05) is 10.1 Å². The number of hydrogen-bond acceptors (Lipinski definition) is 4. The maximum atomic E-state index is 12.9. The fourth-order valence-electron chi connectivity index (χ4n) is 3.74. The van der Waals surface area contributed by atoms with Gasteiger partial charge in [0.05, 0.1) is 12.2 Å². The summed E-state index contributed by atoms with van der Waals surface area (Å²) in [6, 6.07) is 11.4. The molecule has 0 bridgehead atoms. The summed E-state index contributed by atoms with van der Waals surface area (Å²) < 4.78 is 43.9. The maximum absolute atomic E-state index is 12.9. The lowest BCUT2D eigenvalue weighted by molar-refractivity contribution is -0.137. The third kappa shape index (κ3) is 5.38. The Morgan fingerprint density at radius 3 is 2.22 bits per heavy atom. The Hall–Kier alpha value is -2.25. The van der Waals surface area contributed by atoms with Crippen molar-refractivity contribution in [3.05, 3.63) is 75.0 Å². The summed E-state index contributed by atoms with van der Waals surface area (Å²) in [7, 11) is 0. The molecule has 0 radical (unpaired) electrons. The number of ether oxygens (including phenoxy) is 1. The molecule has 2 aromatic carbocycles. The first-order chi connectivity index (χ1) is 15.2. The van der Waals surface area contributed by atoms with Gasteiger partial charge in [-0.1, -0.05) is 19.1 Å². The fraction of sp³-hybridized carbons (Fsp3) is 0.320. The second-order valence-corrected chi connectivity index (χ2v) is 9.64. The highest BCUT2D eigenvalue weighted by Crippen LogP contribution is 2.43. The normalized spacial score (nSPS) is 12.6. The molecule has 1 heterocycles. The van der Waals surface area contributed by atoms with Crippen LogP contribution in [0.3, 0.4) is 0 Å². The molecule has 0 N–H and O–H groups in total. The summed E-state index contributed by atoms with van der Waals surface area (Å²) in [5, 5.41) is 2.01. The zero-order valence-electron chi connectivity index (χ0n) is 18.4. The van der Waals surface area contributed by atoms with Crippen molar-refractivity contribution < 1.29 is 22.7 Å². The van der Waals surface area contributed by atoms with Crippen molar-refractivity contribution in [1.82, 2.24) is 0 Å². The molecule has 0 saturated heterocycles. The number of hydrogen-bond donors (Lipinski definition) is 0. The number of carbonyl (C=O) groups is 1. The molecule has 0 spiro atoms. The third-order valence-electron chi connectivity index (χ3n) is 5.16. The molecular formula is C25H25F3O2S2. The Morgan fingerprint density at radius 2 is 1.69 bits per heavy atom. The minimum atomic E-state index is -4.34. The molecule has 0 saturated carbocycles. The molecule has 7 heteroatoms. The standard InChI is InChI=1S/C25H25F3O2S2/c1-5-21(20-11-12-31-23(20)24(29)30-6-2)32-19-13-15(3)22(16(4)14-19)17-7-9-18(10-8-17)25(26,27)28/h7-14,21H,5-6H2,1-4H3. The highest BCUT2D eigenvalue weighted by atomic mass is 32.2. The van der Waals surface area contributed by atoms with Gasteiger partial charge in [-0.05, 0) is 90.7 Å². The van der Waals surface area contributed by atoms with E-state index >= 15 is 0 Å². The van der Waals surface area contributed by atoms with Gasteiger partial charge in [-0.25, -0.2) is 4.79 Å². The van der Waals surface area contributed by atoms with Crippen LogP contribution >= 0.6 is 23.1 Å². The van der Waals surface area contributed by atoms with E-state index in [4.69, 9.17) is 4.74 Å². The SMILES string of the molecule is CCOC(=O)c1sccc1C(CC)Sc1cc(C)c(-c2ccc(C(F)(F)F)cc2)c(C)c1. The summed E-state index contributed by atoms with van der Waals surface area (Å²) >= 11 is 3.08. The average Bonchev–Trinajstić information content (AvgIpc) is 3.21. The van der Waals surface area contributed by atoms with Crippen LogP contribution in [0.1, 0.15) is 57.4 Å². The Kier molecular flexibility index (Phi) is 7.72. The van der Waals surface area contributed by atoms with E-state index in [9.17, 15) is 18.0 Å². The zero-order chi connectivity index (χ0) is 23.5. The summed E-state index contributed by atoms with van der Waals surface area (Å²) in [5.41, 5.74) is 4.03. The number of benzene rings is 2. The zero-order valence-corrected chi connectivity index (χ0v) is 20.0. The number of halogens is 3. The predicted molar refractivity (Wildman–Crippen MR) is 126 cm³/mol. The third-order valence-corrected chi connectivity index (χ3v) is 7.45. The van der Waals surface area contributed by atoms with Crippen LogP contribution in [-0.2, 0) is 10.9 Å². The van der Waals surface area contributed by atoms with Gasteiger partial charge in [0.1, 0.15) is 4.88 Å². The monoisotopic (exact) mass is 478 g/mol. The lowest BCUT2D eigenvalue weighted by atomic mass is 9.95. The number of carbonyl (C=O) groups excluding carboxylic acids is 1. The second-order valence-electron chi connectivity index (χ2n) is 7.45. The van der Waals surface area contributed by atoms with Gasteiger partial charge in [-0.15, -0.1) is 23.1 Å². The van der Waals surface area contributed by atoms with E-state index in [1.54, 1.807) is 18.7 Å². The van der Waals surface area contributed by atoms with E-state index in [0.717, 1.165) is 51.3 Å².